The largest absolute Gasteiger partial charge is 0.325 e. The van der Waals surface area contributed by atoms with Crippen molar-refractivity contribution >= 4 is 46.3 Å². The summed E-state index contributed by atoms with van der Waals surface area (Å²) in [7, 11) is 0. The molecule has 4 heterocycles. The minimum Gasteiger partial charge on any atom is -0.325 e. The van der Waals surface area contributed by atoms with Gasteiger partial charge >= 0.3 is 0 Å². The van der Waals surface area contributed by atoms with E-state index in [0.29, 0.717) is 40.5 Å². The number of fused-ring (bicyclic) bond motifs is 7. The van der Waals surface area contributed by atoms with E-state index in [0.717, 1.165) is 6.42 Å². The van der Waals surface area contributed by atoms with E-state index in [1.165, 1.54) is 24.3 Å². The normalized spacial score (nSPS) is 28.8. The van der Waals surface area contributed by atoms with Gasteiger partial charge in [-0.2, -0.15) is 0 Å². The Bertz CT molecular complexity index is 1610. The van der Waals surface area contributed by atoms with Crippen LogP contribution in [0.3, 0.4) is 0 Å². The van der Waals surface area contributed by atoms with Gasteiger partial charge in [0.1, 0.15) is 11.0 Å². The Kier molecular flexibility index (Phi) is 4.69. The lowest BCUT2D eigenvalue weighted by molar-refractivity contribution is -0.384. The first kappa shape index (κ1) is 23.1. The first-order valence-corrected chi connectivity index (χ1v) is 12.8. The maximum atomic E-state index is 14.7. The van der Waals surface area contributed by atoms with Crippen LogP contribution in [-0.2, 0) is 20.5 Å². The summed E-state index contributed by atoms with van der Waals surface area (Å²) in [6.07, 6.45) is 1.34. The molecule has 2 amide bonds. The highest BCUT2D eigenvalue weighted by atomic mass is 35.5. The van der Waals surface area contributed by atoms with Crippen LogP contribution >= 0.6 is 11.6 Å². The third kappa shape index (κ3) is 2.62. The number of ketones is 1. The summed E-state index contributed by atoms with van der Waals surface area (Å²) in [5, 5.41) is 17.9. The quantitative estimate of drug-likeness (QED) is 0.297. The Morgan fingerprint density at radius 3 is 2.55 bits per heavy atom. The summed E-state index contributed by atoms with van der Waals surface area (Å²) >= 11 is 6.44. The predicted octanol–water partition coefficient (Wildman–Crippen LogP) is 4.26. The molecule has 3 aromatic carbocycles. The zero-order chi connectivity index (χ0) is 26.4. The van der Waals surface area contributed by atoms with Gasteiger partial charge in [0.15, 0.2) is 5.78 Å². The van der Waals surface area contributed by atoms with Crippen LogP contribution in [0.5, 0.6) is 0 Å². The number of anilines is 2. The van der Waals surface area contributed by atoms with Crippen molar-refractivity contribution in [3.05, 3.63) is 98.6 Å². The second kappa shape index (κ2) is 7.72. The molecule has 4 aliphatic rings. The van der Waals surface area contributed by atoms with E-state index in [1.54, 1.807) is 24.3 Å². The Labute approximate surface area is 221 Å². The van der Waals surface area contributed by atoms with Crippen LogP contribution in [0.2, 0.25) is 5.02 Å². The number of nitro groups is 1. The van der Waals surface area contributed by atoms with Crippen molar-refractivity contribution in [3.63, 3.8) is 0 Å². The van der Waals surface area contributed by atoms with Crippen LogP contribution in [0.25, 0.3) is 0 Å². The van der Waals surface area contributed by atoms with E-state index >= 15 is 0 Å². The van der Waals surface area contributed by atoms with Crippen molar-refractivity contribution in [1.82, 2.24) is 4.90 Å². The maximum Gasteiger partial charge on any atom is 0.270 e. The van der Waals surface area contributed by atoms with Gasteiger partial charge in [0.2, 0.25) is 11.8 Å². The molecule has 0 radical (unpaired) electrons. The number of para-hydroxylation sites is 1. The summed E-state index contributed by atoms with van der Waals surface area (Å²) < 4.78 is 0. The molecule has 2 N–H and O–H groups in total. The lowest BCUT2D eigenvalue weighted by Crippen LogP contribution is -2.55. The second-order valence-corrected chi connectivity index (χ2v) is 10.7. The van der Waals surface area contributed by atoms with Gasteiger partial charge in [-0.05, 0) is 49.2 Å². The maximum absolute atomic E-state index is 14.7. The van der Waals surface area contributed by atoms with E-state index < -0.39 is 39.5 Å². The van der Waals surface area contributed by atoms with Crippen LogP contribution in [0.4, 0.5) is 17.1 Å². The minimum absolute atomic E-state index is 0.0737. The van der Waals surface area contributed by atoms with Crippen molar-refractivity contribution in [2.75, 3.05) is 17.2 Å². The van der Waals surface area contributed by atoms with Gasteiger partial charge in [-0.25, -0.2) is 0 Å². The average Bonchev–Trinajstić information content (AvgIpc) is 3.63. The van der Waals surface area contributed by atoms with E-state index in [2.05, 4.69) is 10.6 Å². The van der Waals surface area contributed by atoms with Gasteiger partial charge in [-0.1, -0.05) is 41.9 Å². The van der Waals surface area contributed by atoms with Crippen LogP contribution in [0.1, 0.15) is 34.3 Å². The molecule has 7 rings (SSSR count). The summed E-state index contributed by atoms with van der Waals surface area (Å²) in [4.78, 5) is 56.1. The first-order valence-electron chi connectivity index (χ1n) is 12.4. The molecule has 0 bridgehead atoms. The molecular formula is C28H21ClN4O5. The number of nitrogens with zero attached hydrogens (tertiary/aromatic N) is 2. The Hall–Kier alpha value is -4.08. The molecule has 0 aromatic heterocycles. The summed E-state index contributed by atoms with van der Waals surface area (Å²) in [6.45, 7) is 0.500. The molecule has 2 saturated heterocycles. The molecule has 2 spiro atoms. The number of carbonyl (C=O) groups excluding carboxylic acids is 3. The number of benzene rings is 3. The molecule has 10 heteroatoms. The molecule has 0 saturated carbocycles. The average molecular weight is 529 g/mol. The number of hydrogen-bond acceptors (Lipinski definition) is 6. The number of hydrogen-bond donors (Lipinski definition) is 2. The fraction of sp³-hybridized carbons (Fsp3) is 0.250. The van der Waals surface area contributed by atoms with Crippen molar-refractivity contribution < 1.29 is 19.3 Å². The van der Waals surface area contributed by atoms with Crippen LogP contribution in [0, 0.1) is 16.0 Å². The summed E-state index contributed by atoms with van der Waals surface area (Å²) in [6, 6.07) is 17.4. The number of amides is 2. The van der Waals surface area contributed by atoms with E-state index in [-0.39, 0.29) is 17.2 Å². The topological polar surface area (TPSA) is 122 Å². The molecule has 3 aromatic rings. The highest BCUT2D eigenvalue weighted by Gasteiger charge is 2.78. The third-order valence-electron chi connectivity index (χ3n) is 8.69. The number of carbonyl (C=O) groups is 3. The Morgan fingerprint density at radius 1 is 0.974 bits per heavy atom. The Morgan fingerprint density at radius 2 is 1.74 bits per heavy atom. The molecular weight excluding hydrogens is 508 g/mol. The number of nitrogens with one attached hydrogen (secondary N) is 2. The molecule has 0 unspecified atom stereocenters. The summed E-state index contributed by atoms with van der Waals surface area (Å²) in [5.41, 5.74) is -0.759. The van der Waals surface area contributed by atoms with Crippen molar-refractivity contribution in [2.24, 2.45) is 5.92 Å². The highest BCUT2D eigenvalue weighted by Crippen LogP contribution is 2.66. The number of Topliss-reactive ketones (excluding diaryl/α,β-unsaturated/α-hetero) is 1. The van der Waals surface area contributed by atoms with Gasteiger partial charge in [0.25, 0.3) is 5.69 Å². The molecule has 0 aliphatic carbocycles. The molecule has 190 valence electrons. The summed E-state index contributed by atoms with van der Waals surface area (Å²) in [5.74, 6) is -2.46. The standard InChI is InChI=1S/C28H21ClN4O5/c29-16-10-11-21-19(14-16)28(26(36)31-21)24(23(34)15-5-3-6-17(13-15)33(37)38)27(22-9-4-12-32(22)28)18-7-1-2-8-20(18)30-25(27)35/h1-3,5-8,10-11,13-14,22,24H,4,9,12H2,(H,30,35)(H,31,36)/t22-,24-,27-,28+/m1/s1. The fourth-order valence-electron chi connectivity index (χ4n) is 7.46. The lowest BCUT2D eigenvalue weighted by atomic mass is 9.60. The zero-order valence-electron chi connectivity index (χ0n) is 19.9. The predicted molar refractivity (Wildman–Crippen MR) is 139 cm³/mol. The van der Waals surface area contributed by atoms with E-state index in [9.17, 15) is 24.5 Å². The molecule has 38 heavy (non-hydrogen) atoms. The van der Waals surface area contributed by atoms with Crippen LogP contribution in [-0.4, -0.2) is 40.0 Å². The molecule has 9 nitrogen and oxygen atoms in total. The van der Waals surface area contributed by atoms with E-state index in [4.69, 9.17) is 11.6 Å². The first-order chi connectivity index (χ1) is 18.3. The highest BCUT2D eigenvalue weighted by molar-refractivity contribution is 6.31. The second-order valence-electron chi connectivity index (χ2n) is 10.2. The van der Waals surface area contributed by atoms with E-state index in [1.807, 2.05) is 23.1 Å². The molecule has 2 fully saturated rings. The number of non-ortho nitro benzene ring substituents is 1. The lowest BCUT2D eigenvalue weighted by Gasteiger charge is -2.38. The third-order valence-corrected chi connectivity index (χ3v) is 8.93. The van der Waals surface area contributed by atoms with Gasteiger partial charge < -0.3 is 10.6 Å². The SMILES string of the molecule is O=C(c1cccc([N+](=O)[O-])c1)[C@@H]1[C@]2(C(=O)Nc3ccccc32)[C@H]2CCCN2[C@]12C(=O)Nc1ccc(Cl)cc12. The minimum atomic E-state index is -1.53. The smallest absolute Gasteiger partial charge is 0.270 e. The Balaban J connectivity index is 1.58. The number of nitro benzene ring substituents is 1. The monoisotopic (exact) mass is 528 g/mol. The van der Waals surface area contributed by atoms with Gasteiger partial charge in [-0.15, -0.1) is 0 Å². The fourth-order valence-corrected chi connectivity index (χ4v) is 7.63. The van der Waals surface area contributed by atoms with Crippen LogP contribution < -0.4 is 10.6 Å². The number of halogens is 1. The van der Waals surface area contributed by atoms with Gasteiger partial charge in [0, 0.05) is 45.7 Å². The zero-order valence-corrected chi connectivity index (χ0v) is 20.7. The van der Waals surface area contributed by atoms with Crippen molar-refractivity contribution in [2.45, 2.75) is 29.8 Å². The van der Waals surface area contributed by atoms with Crippen molar-refractivity contribution in [1.29, 1.82) is 0 Å². The van der Waals surface area contributed by atoms with Gasteiger partial charge in [-0.3, -0.25) is 29.4 Å². The number of rotatable bonds is 3. The molecule has 4 atom stereocenters. The van der Waals surface area contributed by atoms with Crippen molar-refractivity contribution in [3.8, 4) is 0 Å². The molecule has 4 aliphatic heterocycles. The van der Waals surface area contributed by atoms with Crippen LogP contribution in [0.15, 0.2) is 66.7 Å². The van der Waals surface area contributed by atoms with Gasteiger partial charge in [0.05, 0.1) is 10.8 Å².